The van der Waals surface area contributed by atoms with E-state index < -0.39 is 5.60 Å². The molecule has 5 rings (SSSR count). The summed E-state index contributed by atoms with van der Waals surface area (Å²) in [6, 6.07) is 11.1. The number of fused-ring (bicyclic) bond motifs is 2. The molecule has 0 N–H and O–H groups in total. The molecule has 8 heteroatoms. The molecule has 0 spiro atoms. The fraction of sp³-hybridized carbons (Fsp3) is 0.321. The van der Waals surface area contributed by atoms with E-state index in [2.05, 4.69) is 5.10 Å². The highest BCUT2D eigenvalue weighted by molar-refractivity contribution is 5.90. The zero-order chi connectivity index (χ0) is 25.6. The number of amides is 1. The van der Waals surface area contributed by atoms with Gasteiger partial charge >= 0.3 is 6.09 Å². The van der Waals surface area contributed by atoms with Gasteiger partial charge in [0.2, 0.25) is 0 Å². The smallest absolute Gasteiger partial charge is 0.410 e. The second-order valence-corrected chi connectivity index (χ2v) is 10.0. The molecule has 0 atom stereocenters. The number of hydrogen-bond acceptors (Lipinski definition) is 5. The average molecular weight is 489 g/mol. The van der Waals surface area contributed by atoms with Crippen LogP contribution >= 0.6 is 0 Å². The molecule has 0 saturated heterocycles. The van der Waals surface area contributed by atoms with Crippen molar-refractivity contribution in [1.82, 2.24) is 19.7 Å². The van der Waals surface area contributed by atoms with Gasteiger partial charge in [-0.2, -0.15) is 5.10 Å². The van der Waals surface area contributed by atoms with Crippen LogP contribution in [0.2, 0.25) is 0 Å². The number of aromatic nitrogens is 3. The number of halogens is 1. The van der Waals surface area contributed by atoms with Crippen molar-refractivity contribution in [3.63, 3.8) is 0 Å². The Bertz CT molecular complexity index is 1520. The third-order valence-corrected chi connectivity index (χ3v) is 6.23. The minimum atomic E-state index is -0.550. The Morgan fingerprint density at radius 1 is 1.08 bits per heavy atom. The number of pyridine rings is 1. The zero-order valence-electron chi connectivity index (χ0n) is 21.1. The zero-order valence-corrected chi connectivity index (χ0v) is 21.1. The standard InChI is InChI=1S/C28H29FN4O3/c1-28(2,3)36-27(34)33-12-10-17(11-13-33)19-6-8-22-20(26(19)29)7-9-23(30-22)21-14-18-16-32(4)31-24(18)15-25(21)35-5/h6-10,14-16H,11-13H2,1-5H3. The molecular formula is C28H29FN4O3. The highest BCUT2D eigenvalue weighted by Gasteiger charge is 2.25. The van der Waals surface area contributed by atoms with Crippen molar-refractivity contribution in [2.45, 2.75) is 32.8 Å². The Balaban J connectivity index is 1.45. The molecule has 36 heavy (non-hydrogen) atoms. The Kier molecular flexibility index (Phi) is 5.90. The molecule has 0 aliphatic carbocycles. The minimum absolute atomic E-state index is 0.307. The number of rotatable bonds is 3. The van der Waals surface area contributed by atoms with Crippen LogP contribution in [-0.4, -0.2) is 51.6 Å². The summed E-state index contributed by atoms with van der Waals surface area (Å²) in [5, 5.41) is 5.86. The first-order valence-corrected chi connectivity index (χ1v) is 11.9. The van der Waals surface area contributed by atoms with Crippen LogP contribution in [0.1, 0.15) is 32.8 Å². The van der Waals surface area contributed by atoms with E-state index in [1.807, 2.05) is 64.4 Å². The van der Waals surface area contributed by atoms with Crippen molar-refractivity contribution < 1.29 is 18.7 Å². The molecule has 186 valence electrons. The molecule has 7 nitrogen and oxygen atoms in total. The highest BCUT2D eigenvalue weighted by Crippen LogP contribution is 2.35. The van der Waals surface area contributed by atoms with Crippen LogP contribution in [0.3, 0.4) is 0 Å². The number of benzene rings is 2. The first-order valence-electron chi connectivity index (χ1n) is 11.9. The molecule has 3 heterocycles. The molecule has 2 aromatic heterocycles. The van der Waals surface area contributed by atoms with Crippen molar-refractivity contribution in [2.24, 2.45) is 7.05 Å². The van der Waals surface area contributed by atoms with Crippen molar-refractivity contribution in [3.05, 3.63) is 60.1 Å². The maximum absolute atomic E-state index is 15.6. The Morgan fingerprint density at radius 2 is 1.89 bits per heavy atom. The van der Waals surface area contributed by atoms with E-state index in [0.29, 0.717) is 47.4 Å². The maximum Gasteiger partial charge on any atom is 0.410 e. The third-order valence-electron chi connectivity index (χ3n) is 6.23. The average Bonchev–Trinajstić information content (AvgIpc) is 3.21. The first kappa shape index (κ1) is 23.8. The lowest BCUT2D eigenvalue weighted by atomic mass is 9.97. The molecule has 0 bridgehead atoms. The minimum Gasteiger partial charge on any atom is -0.496 e. The number of carbonyl (C=O) groups is 1. The normalized spacial score (nSPS) is 14.3. The molecule has 0 saturated carbocycles. The topological polar surface area (TPSA) is 69.5 Å². The van der Waals surface area contributed by atoms with Gasteiger partial charge in [0.1, 0.15) is 17.2 Å². The molecule has 0 unspecified atom stereocenters. The fourth-order valence-electron chi connectivity index (χ4n) is 4.52. The highest BCUT2D eigenvalue weighted by atomic mass is 19.1. The largest absolute Gasteiger partial charge is 0.496 e. The van der Waals surface area contributed by atoms with Gasteiger partial charge in [0, 0.05) is 54.3 Å². The summed E-state index contributed by atoms with van der Waals surface area (Å²) in [6.07, 6.45) is 4.03. The summed E-state index contributed by atoms with van der Waals surface area (Å²) in [5.74, 6) is 0.352. The molecule has 4 aromatic rings. The van der Waals surface area contributed by atoms with Gasteiger partial charge < -0.3 is 14.4 Å². The lowest BCUT2D eigenvalue weighted by Crippen LogP contribution is -2.39. The van der Waals surface area contributed by atoms with Crippen LogP contribution in [0.4, 0.5) is 9.18 Å². The number of aryl methyl sites for hydroxylation is 1. The van der Waals surface area contributed by atoms with Gasteiger partial charge in [-0.25, -0.2) is 14.2 Å². The molecule has 1 aliphatic rings. The van der Waals surface area contributed by atoms with Crippen LogP contribution in [0.25, 0.3) is 38.6 Å². The first-order chi connectivity index (χ1) is 17.1. The molecular weight excluding hydrogens is 459 g/mol. The summed E-state index contributed by atoms with van der Waals surface area (Å²) in [5.41, 5.74) is 3.78. The van der Waals surface area contributed by atoms with E-state index in [9.17, 15) is 4.79 Å². The molecule has 0 radical (unpaired) electrons. The van der Waals surface area contributed by atoms with Crippen LogP contribution in [0, 0.1) is 5.82 Å². The van der Waals surface area contributed by atoms with Gasteiger partial charge in [-0.3, -0.25) is 4.68 Å². The van der Waals surface area contributed by atoms with Crippen LogP contribution < -0.4 is 4.74 Å². The maximum atomic E-state index is 15.6. The van der Waals surface area contributed by atoms with Crippen LogP contribution in [-0.2, 0) is 11.8 Å². The molecule has 1 aliphatic heterocycles. The number of ether oxygens (including phenoxy) is 2. The number of carbonyl (C=O) groups excluding carboxylic acids is 1. The third kappa shape index (κ3) is 4.51. The number of nitrogens with zero attached hydrogens (tertiary/aromatic N) is 4. The summed E-state index contributed by atoms with van der Waals surface area (Å²) >= 11 is 0. The van der Waals surface area contributed by atoms with Crippen molar-refractivity contribution in [3.8, 4) is 17.0 Å². The quantitative estimate of drug-likeness (QED) is 0.356. The Labute approximate surface area is 209 Å². The second kappa shape index (κ2) is 8.93. The van der Waals surface area contributed by atoms with Crippen molar-refractivity contribution in [2.75, 3.05) is 20.2 Å². The summed E-state index contributed by atoms with van der Waals surface area (Å²) in [4.78, 5) is 18.7. The van der Waals surface area contributed by atoms with Crippen LogP contribution in [0.5, 0.6) is 5.75 Å². The fourth-order valence-corrected chi connectivity index (χ4v) is 4.52. The van der Waals surface area contributed by atoms with Crippen LogP contribution in [0.15, 0.2) is 48.7 Å². The van der Waals surface area contributed by atoms with Gasteiger partial charge in [-0.1, -0.05) is 6.08 Å². The van der Waals surface area contributed by atoms with E-state index in [-0.39, 0.29) is 11.9 Å². The monoisotopic (exact) mass is 488 g/mol. The van der Waals surface area contributed by atoms with E-state index in [4.69, 9.17) is 14.5 Å². The van der Waals surface area contributed by atoms with E-state index >= 15 is 4.39 Å². The molecule has 0 fully saturated rings. The van der Waals surface area contributed by atoms with Gasteiger partial charge in [-0.05, 0) is 63.1 Å². The predicted molar refractivity (Wildman–Crippen MR) is 138 cm³/mol. The van der Waals surface area contributed by atoms with E-state index in [0.717, 1.165) is 22.0 Å². The summed E-state index contributed by atoms with van der Waals surface area (Å²) in [6.45, 7) is 6.38. The van der Waals surface area contributed by atoms with Gasteiger partial charge in [0.15, 0.2) is 0 Å². The van der Waals surface area contributed by atoms with Gasteiger partial charge in [0.25, 0.3) is 0 Å². The van der Waals surface area contributed by atoms with E-state index in [1.54, 1.807) is 28.8 Å². The van der Waals surface area contributed by atoms with E-state index in [1.165, 1.54) is 0 Å². The lowest BCUT2D eigenvalue weighted by molar-refractivity contribution is 0.0270. The second-order valence-electron chi connectivity index (χ2n) is 10.0. The molecule has 1 amide bonds. The Morgan fingerprint density at radius 3 is 2.58 bits per heavy atom. The summed E-state index contributed by atoms with van der Waals surface area (Å²) < 4.78 is 28.4. The predicted octanol–water partition coefficient (Wildman–Crippen LogP) is 5.96. The summed E-state index contributed by atoms with van der Waals surface area (Å²) in [7, 11) is 3.49. The molecule has 2 aromatic carbocycles. The SMILES string of the molecule is COc1cc2nn(C)cc2cc1-c1ccc2c(F)c(C3=CCN(C(=O)OC(C)(C)C)CC3)ccc2n1. The number of methoxy groups -OCH3 is 1. The van der Waals surface area contributed by atoms with Gasteiger partial charge in [-0.15, -0.1) is 0 Å². The van der Waals surface area contributed by atoms with Crippen molar-refractivity contribution in [1.29, 1.82) is 0 Å². The lowest BCUT2D eigenvalue weighted by Gasteiger charge is -2.29. The number of hydrogen-bond donors (Lipinski definition) is 0. The Hall–Kier alpha value is -3.94. The van der Waals surface area contributed by atoms with Gasteiger partial charge in [0.05, 0.1) is 23.8 Å². The van der Waals surface area contributed by atoms with Crippen molar-refractivity contribution >= 4 is 33.5 Å².